The van der Waals surface area contributed by atoms with E-state index in [0.29, 0.717) is 17.4 Å². The van der Waals surface area contributed by atoms with Crippen LogP contribution in [0.2, 0.25) is 0 Å². The monoisotopic (exact) mass is 483 g/mol. The molecule has 6 aliphatic rings. The second kappa shape index (κ2) is 8.56. The Hall–Kier alpha value is -0.910. The molecule has 6 rings (SSSR count). The minimum absolute atomic E-state index is 0.000814. The molecule has 0 aromatic heterocycles. The van der Waals surface area contributed by atoms with E-state index in [0.717, 1.165) is 49.5 Å². The highest BCUT2D eigenvalue weighted by atomic mass is 16.5. The summed E-state index contributed by atoms with van der Waals surface area (Å²) in [7, 11) is 2.12. The van der Waals surface area contributed by atoms with E-state index in [9.17, 15) is 4.79 Å². The van der Waals surface area contributed by atoms with Crippen LogP contribution in [0.5, 0.6) is 0 Å². The van der Waals surface area contributed by atoms with Crippen molar-refractivity contribution in [1.29, 1.82) is 0 Å². The van der Waals surface area contributed by atoms with Crippen LogP contribution in [0.3, 0.4) is 0 Å². The zero-order valence-corrected chi connectivity index (χ0v) is 22.8. The van der Waals surface area contributed by atoms with Gasteiger partial charge in [0.25, 0.3) is 0 Å². The van der Waals surface area contributed by atoms with Gasteiger partial charge in [0, 0.05) is 19.4 Å². The first-order chi connectivity index (χ1) is 16.7. The van der Waals surface area contributed by atoms with Crippen molar-refractivity contribution < 1.29 is 9.53 Å². The lowest BCUT2D eigenvalue weighted by molar-refractivity contribution is -0.121. The fourth-order valence-corrected chi connectivity index (χ4v) is 10.2. The largest absolute Gasteiger partial charge is 0.368 e. The maximum atomic E-state index is 11.7. The molecular formula is C30H49N3O2. The Morgan fingerprint density at radius 1 is 1.14 bits per heavy atom. The molecule has 1 amide bonds. The molecule has 3 saturated carbocycles. The molecule has 2 saturated heterocycles. The van der Waals surface area contributed by atoms with Gasteiger partial charge in [-0.3, -0.25) is 10.1 Å². The van der Waals surface area contributed by atoms with E-state index in [4.69, 9.17) is 4.74 Å². The Bertz CT molecular complexity index is 902. The molecule has 0 radical (unpaired) electrons. The van der Waals surface area contributed by atoms with Gasteiger partial charge >= 0.3 is 0 Å². The molecule has 10 atom stereocenters. The molecular weight excluding hydrogens is 434 g/mol. The van der Waals surface area contributed by atoms with Gasteiger partial charge in [-0.05, 0) is 120 Å². The minimum Gasteiger partial charge on any atom is -0.368 e. The predicted octanol–water partition coefficient (Wildman–Crippen LogP) is 4.92. The first-order valence-corrected chi connectivity index (χ1v) is 14.7. The maximum Gasteiger partial charge on any atom is 0.217 e. The van der Waals surface area contributed by atoms with Gasteiger partial charge in [-0.1, -0.05) is 25.0 Å². The molecule has 35 heavy (non-hydrogen) atoms. The van der Waals surface area contributed by atoms with Gasteiger partial charge in [-0.15, -0.1) is 0 Å². The highest BCUT2D eigenvalue weighted by molar-refractivity contribution is 5.73. The molecule has 4 aliphatic carbocycles. The summed E-state index contributed by atoms with van der Waals surface area (Å²) in [5.74, 6) is 4.06. The lowest BCUT2D eigenvalue weighted by Gasteiger charge is -2.54. The number of hydrogen-bond acceptors (Lipinski definition) is 4. The number of hydrogen-bond donors (Lipinski definition) is 3. The molecule has 196 valence electrons. The van der Waals surface area contributed by atoms with Crippen LogP contribution in [-0.2, 0) is 9.53 Å². The van der Waals surface area contributed by atoms with Crippen LogP contribution in [0, 0.1) is 35.0 Å². The summed E-state index contributed by atoms with van der Waals surface area (Å²) in [6.45, 7) is 10.2. The highest BCUT2D eigenvalue weighted by Crippen LogP contribution is 2.65. The van der Waals surface area contributed by atoms with Crippen molar-refractivity contribution in [2.45, 2.75) is 122 Å². The quantitative estimate of drug-likeness (QED) is 0.488. The van der Waals surface area contributed by atoms with Gasteiger partial charge in [-0.2, -0.15) is 0 Å². The molecule has 1 spiro atoms. The zero-order valence-electron chi connectivity index (χ0n) is 22.8. The van der Waals surface area contributed by atoms with Crippen LogP contribution >= 0.6 is 0 Å². The fourth-order valence-electron chi connectivity index (χ4n) is 10.2. The number of ether oxygens (including phenoxy) is 1. The summed E-state index contributed by atoms with van der Waals surface area (Å²) in [6.07, 6.45) is 13.9. The normalized spacial score (nSPS) is 51.3. The van der Waals surface area contributed by atoms with Crippen LogP contribution in [-0.4, -0.2) is 42.9 Å². The van der Waals surface area contributed by atoms with Gasteiger partial charge in [0.1, 0.15) is 0 Å². The highest BCUT2D eigenvalue weighted by Gasteiger charge is 2.60. The SMILES string of the molecule is CNC12CC3(CCC4C(=C(C)C3)CC3C4CCC4CC(NC(C)=O)CCC43C)OC1CC(C)CN2. The average molecular weight is 484 g/mol. The van der Waals surface area contributed by atoms with E-state index in [-0.39, 0.29) is 23.3 Å². The lowest BCUT2D eigenvalue weighted by Crippen LogP contribution is -2.65. The number of rotatable bonds is 2. The third-order valence-electron chi connectivity index (χ3n) is 12.0. The van der Waals surface area contributed by atoms with E-state index in [1.54, 1.807) is 12.5 Å². The third kappa shape index (κ3) is 3.85. The van der Waals surface area contributed by atoms with Crippen molar-refractivity contribution in [3.8, 4) is 0 Å². The van der Waals surface area contributed by atoms with Gasteiger partial charge < -0.3 is 15.4 Å². The van der Waals surface area contributed by atoms with Crippen LogP contribution in [0.25, 0.3) is 0 Å². The summed E-state index contributed by atoms with van der Waals surface area (Å²) < 4.78 is 7.07. The molecule has 10 unspecified atom stereocenters. The Balaban J connectivity index is 1.22. The number of carbonyl (C=O) groups excluding carboxylic acids is 1. The van der Waals surface area contributed by atoms with E-state index in [1.807, 2.05) is 5.57 Å². The van der Waals surface area contributed by atoms with Crippen molar-refractivity contribution in [3.05, 3.63) is 11.1 Å². The summed E-state index contributed by atoms with van der Waals surface area (Å²) >= 11 is 0. The number of likely N-dealkylation sites (N-methyl/N-ethyl adjacent to an activating group) is 1. The van der Waals surface area contributed by atoms with Gasteiger partial charge in [-0.25, -0.2) is 0 Å². The van der Waals surface area contributed by atoms with E-state index in [1.165, 1.54) is 51.4 Å². The van der Waals surface area contributed by atoms with Crippen LogP contribution in [0.15, 0.2) is 11.1 Å². The molecule has 5 nitrogen and oxygen atoms in total. The minimum atomic E-state index is -0.0441. The Morgan fingerprint density at radius 3 is 2.74 bits per heavy atom. The van der Waals surface area contributed by atoms with Crippen LogP contribution in [0.1, 0.15) is 98.3 Å². The topological polar surface area (TPSA) is 62.4 Å². The Kier molecular flexibility index (Phi) is 5.97. The number of nitrogens with one attached hydrogen (secondary N) is 3. The van der Waals surface area contributed by atoms with Crippen molar-refractivity contribution in [1.82, 2.24) is 16.0 Å². The third-order valence-corrected chi connectivity index (χ3v) is 12.0. The summed E-state index contributed by atoms with van der Waals surface area (Å²) in [4.78, 5) is 11.7. The standard InChI is InChI=1S/C30H49N3O2/c1-18-12-27-30(31-5,32-16-18)17-29(35-27)11-9-23-24-7-6-21-13-22(33-20(3)34)8-10-28(21,4)26(24)14-25(23)19(2)15-29/h18,21-24,26-27,31-32H,6-17H2,1-5H3,(H,33,34). The number of carbonyl (C=O) groups is 1. The summed E-state index contributed by atoms with van der Waals surface area (Å²) in [6, 6.07) is 0.397. The van der Waals surface area contributed by atoms with E-state index in [2.05, 4.69) is 43.8 Å². The second-order valence-electron chi connectivity index (χ2n) is 14.0. The molecule has 2 heterocycles. The number of fused-ring (bicyclic) bond motifs is 6. The van der Waals surface area contributed by atoms with Crippen molar-refractivity contribution in [2.24, 2.45) is 35.0 Å². The predicted molar refractivity (Wildman–Crippen MR) is 140 cm³/mol. The van der Waals surface area contributed by atoms with Crippen molar-refractivity contribution >= 4 is 5.91 Å². The number of allylic oxidation sites excluding steroid dienone is 1. The molecule has 0 aromatic carbocycles. The van der Waals surface area contributed by atoms with E-state index < -0.39 is 0 Å². The second-order valence-corrected chi connectivity index (χ2v) is 14.0. The average Bonchev–Trinajstić information content (AvgIpc) is 3.30. The molecule has 0 bridgehead atoms. The summed E-state index contributed by atoms with van der Waals surface area (Å²) in [5.41, 5.74) is 3.88. The summed E-state index contributed by atoms with van der Waals surface area (Å²) in [5, 5.41) is 10.8. The van der Waals surface area contributed by atoms with Gasteiger partial charge in [0.05, 0.1) is 17.4 Å². The molecule has 2 aliphatic heterocycles. The van der Waals surface area contributed by atoms with Crippen molar-refractivity contribution in [3.63, 3.8) is 0 Å². The maximum absolute atomic E-state index is 11.7. The van der Waals surface area contributed by atoms with E-state index >= 15 is 0 Å². The fraction of sp³-hybridized carbons (Fsp3) is 0.900. The first kappa shape index (κ1) is 24.4. The lowest BCUT2D eigenvalue weighted by atomic mass is 9.52. The smallest absolute Gasteiger partial charge is 0.217 e. The van der Waals surface area contributed by atoms with Gasteiger partial charge in [0.2, 0.25) is 5.91 Å². The van der Waals surface area contributed by atoms with Crippen LogP contribution < -0.4 is 16.0 Å². The molecule has 0 aromatic rings. The number of piperidine rings is 1. The van der Waals surface area contributed by atoms with Gasteiger partial charge in [0.15, 0.2) is 0 Å². The number of amides is 1. The van der Waals surface area contributed by atoms with Crippen molar-refractivity contribution in [2.75, 3.05) is 13.6 Å². The first-order valence-electron chi connectivity index (χ1n) is 14.7. The molecule has 5 heteroatoms. The Morgan fingerprint density at radius 2 is 1.97 bits per heavy atom. The Labute approximate surface area is 213 Å². The zero-order chi connectivity index (χ0) is 24.6. The van der Waals surface area contributed by atoms with Crippen LogP contribution in [0.4, 0.5) is 0 Å². The molecule has 3 N–H and O–H groups in total. The molecule has 5 fully saturated rings.